The predicted octanol–water partition coefficient (Wildman–Crippen LogP) is 3.11. The lowest BCUT2D eigenvalue weighted by molar-refractivity contribution is 0.0611. The van der Waals surface area contributed by atoms with Gasteiger partial charge in [-0.15, -0.1) is 0 Å². The maximum atomic E-state index is 12.6. The van der Waals surface area contributed by atoms with Gasteiger partial charge in [-0.3, -0.25) is 9.69 Å². The topological polar surface area (TPSA) is 26.8 Å². The summed E-state index contributed by atoms with van der Waals surface area (Å²) in [7, 11) is 0. The van der Waals surface area contributed by atoms with E-state index in [0.29, 0.717) is 6.04 Å². The second kappa shape index (κ2) is 7.92. The van der Waals surface area contributed by atoms with Gasteiger partial charge in [0.15, 0.2) is 0 Å². The van der Waals surface area contributed by atoms with Gasteiger partial charge in [0, 0.05) is 56.6 Å². The van der Waals surface area contributed by atoms with Crippen LogP contribution in [0.2, 0.25) is 0 Å². The average Bonchev–Trinajstić information content (AvgIpc) is 2.75. The Morgan fingerprint density at radius 2 is 1.31 bits per heavy atom. The third-order valence-electron chi connectivity index (χ3n) is 5.72. The summed E-state index contributed by atoms with van der Waals surface area (Å²) in [5.74, 6) is 0.179. The fraction of sp³-hybridized carbons (Fsp3) is 0.409. The molecular formula is C22H27N3O. The van der Waals surface area contributed by atoms with Crippen molar-refractivity contribution in [2.24, 2.45) is 0 Å². The number of piperidine rings is 1. The number of anilines is 1. The third kappa shape index (κ3) is 3.75. The zero-order chi connectivity index (χ0) is 17.8. The van der Waals surface area contributed by atoms with Crippen LogP contribution in [0.15, 0.2) is 60.7 Å². The first kappa shape index (κ1) is 17.1. The van der Waals surface area contributed by atoms with Gasteiger partial charge in [0.25, 0.3) is 5.91 Å². The smallest absolute Gasteiger partial charge is 0.253 e. The highest BCUT2D eigenvalue weighted by Crippen LogP contribution is 2.22. The highest BCUT2D eigenvalue weighted by molar-refractivity contribution is 5.94. The van der Waals surface area contributed by atoms with E-state index in [1.165, 1.54) is 5.69 Å². The molecule has 0 radical (unpaired) electrons. The van der Waals surface area contributed by atoms with Gasteiger partial charge in [-0.05, 0) is 37.1 Å². The Morgan fingerprint density at radius 3 is 1.92 bits per heavy atom. The number of piperazine rings is 1. The highest BCUT2D eigenvalue weighted by Gasteiger charge is 2.29. The molecule has 4 rings (SSSR count). The lowest BCUT2D eigenvalue weighted by atomic mass is 10.0. The van der Waals surface area contributed by atoms with E-state index in [0.717, 1.165) is 57.7 Å². The summed E-state index contributed by atoms with van der Waals surface area (Å²) in [6, 6.07) is 21.0. The van der Waals surface area contributed by atoms with Gasteiger partial charge in [-0.25, -0.2) is 0 Å². The number of benzene rings is 2. The van der Waals surface area contributed by atoms with Crippen LogP contribution < -0.4 is 4.90 Å². The quantitative estimate of drug-likeness (QED) is 0.852. The van der Waals surface area contributed by atoms with Crippen LogP contribution >= 0.6 is 0 Å². The second-order valence-electron chi connectivity index (χ2n) is 7.25. The minimum Gasteiger partial charge on any atom is -0.369 e. The maximum Gasteiger partial charge on any atom is 0.253 e. The van der Waals surface area contributed by atoms with E-state index in [9.17, 15) is 4.79 Å². The molecule has 2 saturated heterocycles. The van der Waals surface area contributed by atoms with Crippen molar-refractivity contribution in [3.8, 4) is 0 Å². The van der Waals surface area contributed by atoms with Gasteiger partial charge >= 0.3 is 0 Å². The maximum absolute atomic E-state index is 12.6. The molecule has 0 spiro atoms. The normalized spacial score (nSPS) is 19.5. The second-order valence-corrected chi connectivity index (χ2v) is 7.25. The van der Waals surface area contributed by atoms with Crippen molar-refractivity contribution in [2.45, 2.75) is 18.9 Å². The molecule has 2 fully saturated rings. The first-order valence-corrected chi connectivity index (χ1v) is 9.69. The van der Waals surface area contributed by atoms with Crippen LogP contribution in [-0.2, 0) is 0 Å². The predicted molar refractivity (Wildman–Crippen MR) is 106 cm³/mol. The molecular weight excluding hydrogens is 322 g/mol. The Kier molecular flexibility index (Phi) is 5.21. The van der Waals surface area contributed by atoms with Crippen LogP contribution in [0.4, 0.5) is 5.69 Å². The molecule has 26 heavy (non-hydrogen) atoms. The van der Waals surface area contributed by atoms with Crippen LogP contribution in [0, 0.1) is 0 Å². The molecule has 2 aromatic carbocycles. The van der Waals surface area contributed by atoms with Gasteiger partial charge < -0.3 is 9.80 Å². The van der Waals surface area contributed by atoms with E-state index in [1.807, 2.05) is 35.2 Å². The lowest BCUT2D eigenvalue weighted by Crippen LogP contribution is -2.53. The Bertz CT molecular complexity index is 703. The SMILES string of the molecule is O=C(c1ccccc1)N1CCC(N2CCN(c3ccccc3)CC2)CC1. The minimum atomic E-state index is 0.179. The third-order valence-corrected chi connectivity index (χ3v) is 5.72. The number of amides is 1. The summed E-state index contributed by atoms with van der Waals surface area (Å²) in [5, 5.41) is 0. The molecule has 4 nitrogen and oxygen atoms in total. The Hall–Kier alpha value is -2.33. The summed E-state index contributed by atoms with van der Waals surface area (Å²) in [6.45, 7) is 6.16. The fourth-order valence-corrected chi connectivity index (χ4v) is 4.18. The number of para-hydroxylation sites is 1. The molecule has 0 aliphatic carbocycles. The largest absolute Gasteiger partial charge is 0.369 e. The van der Waals surface area contributed by atoms with Gasteiger partial charge in [-0.1, -0.05) is 36.4 Å². The molecule has 0 saturated carbocycles. The molecule has 2 heterocycles. The molecule has 2 aromatic rings. The first-order chi connectivity index (χ1) is 12.8. The van der Waals surface area contributed by atoms with Crippen molar-refractivity contribution in [1.29, 1.82) is 0 Å². The van der Waals surface area contributed by atoms with Gasteiger partial charge in [0.2, 0.25) is 0 Å². The van der Waals surface area contributed by atoms with Crippen LogP contribution in [0.1, 0.15) is 23.2 Å². The summed E-state index contributed by atoms with van der Waals surface area (Å²) < 4.78 is 0. The van der Waals surface area contributed by atoms with E-state index < -0.39 is 0 Å². The van der Waals surface area contributed by atoms with Crippen LogP contribution in [-0.4, -0.2) is 61.0 Å². The number of carbonyl (C=O) groups is 1. The van der Waals surface area contributed by atoms with E-state index in [4.69, 9.17) is 0 Å². The Labute approximate surface area is 156 Å². The number of hydrogen-bond acceptors (Lipinski definition) is 3. The lowest BCUT2D eigenvalue weighted by Gasteiger charge is -2.43. The summed E-state index contributed by atoms with van der Waals surface area (Å²) in [5.41, 5.74) is 2.14. The van der Waals surface area contributed by atoms with Gasteiger partial charge in [-0.2, -0.15) is 0 Å². The number of likely N-dealkylation sites (tertiary alicyclic amines) is 1. The summed E-state index contributed by atoms with van der Waals surface area (Å²) >= 11 is 0. The van der Waals surface area contributed by atoms with Gasteiger partial charge in [0.05, 0.1) is 0 Å². The van der Waals surface area contributed by atoms with E-state index in [2.05, 4.69) is 40.1 Å². The monoisotopic (exact) mass is 349 g/mol. The summed E-state index contributed by atoms with van der Waals surface area (Å²) in [4.78, 5) is 19.7. The van der Waals surface area contributed by atoms with Crippen molar-refractivity contribution in [1.82, 2.24) is 9.80 Å². The van der Waals surface area contributed by atoms with Crippen LogP contribution in [0.5, 0.6) is 0 Å². The van der Waals surface area contributed by atoms with Crippen molar-refractivity contribution in [3.05, 3.63) is 66.2 Å². The number of carbonyl (C=O) groups excluding carboxylic acids is 1. The van der Waals surface area contributed by atoms with E-state index >= 15 is 0 Å². The first-order valence-electron chi connectivity index (χ1n) is 9.69. The van der Waals surface area contributed by atoms with Crippen LogP contribution in [0.25, 0.3) is 0 Å². The zero-order valence-corrected chi connectivity index (χ0v) is 15.3. The summed E-state index contributed by atoms with van der Waals surface area (Å²) in [6.07, 6.45) is 2.17. The molecule has 136 valence electrons. The van der Waals surface area contributed by atoms with Crippen LogP contribution in [0.3, 0.4) is 0 Å². The molecule has 0 bridgehead atoms. The number of rotatable bonds is 3. The highest BCUT2D eigenvalue weighted by atomic mass is 16.2. The van der Waals surface area contributed by atoms with E-state index in [1.54, 1.807) is 0 Å². The van der Waals surface area contributed by atoms with Gasteiger partial charge in [0.1, 0.15) is 0 Å². The molecule has 1 amide bonds. The van der Waals surface area contributed by atoms with E-state index in [-0.39, 0.29) is 5.91 Å². The molecule has 0 unspecified atom stereocenters. The fourth-order valence-electron chi connectivity index (χ4n) is 4.18. The van der Waals surface area contributed by atoms with Crippen molar-refractivity contribution >= 4 is 11.6 Å². The Balaban J connectivity index is 1.27. The van der Waals surface area contributed by atoms with Crippen molar-refractivity contribution in [2.75, 3.05) is 44.2 Å². The Morgan fingerprint density at radius 1 is 0.731 bits per heavy atom. The van der Waals surface area contributed by atoms with Crippen molar-refractivity contribution < 1.29 is 4.79 Å². The standard InChI is InChI=1S/C22H27N3O/c26-22(19-7-3-1-4-8-19)25-13-11-21(12-14-25)24-17-15-23(16-18-24)20-9-5-2-6-10-20/h1-10,21H,11-18H2. The molecule has 0 atom stereocenters. The molecule has 2 aliphatic rings. The zero-order valence-electron chi connectivity index (χ0n) is 15.3. The average molecular weight is 349 g/mol. The number of hydrogen-bond donors (Lipinski definition) is 0. The molecule has 0 aromatic heterocycles. The molecule has 2 aliphatic heterocycles. The molecule has 0 N–H and O–H groups in total. The van der Waals surface area contributed by atoms with Crippen molar-refractivity contribution in [3.63, 3.8) is 0 Å². The molecule has 4 heteroatoms. The number of nitrogens with zero attached hydrogens (tertiary/aromatic N) is 3. The minimum absolute atomic E-state index is 0.179.